The number of hydrogen-bond acceptors (Lipinski definition) is 3. The molecule has 3 rings (SSSR count). The lowest BCUT2D eigenvalue weighted by Gasteiger charge is -2.26. The number of likely N-dealkylation sites (tertiary alicyclic amines) is 1. The summed E-state index contributed by atoms with van der Waals surface area (Å²) in [5, 5.41) is 6.49. The number of carbonyl (C=O) groups is 1. The molecule has 1 atom stereocenters. The summed E-state index contributed by atoms with van der Waals surface area (Å²) in [6, 6.07) is 3.63. The van der Waals surface area contributed by atoms with Gasteiger partial charge in [-0.05, 0) is 31.4 Å². The molecule has 8 heteroatoms. The van der Waals surface area contributed by atoms with E-state index in [-0.39, 0.29) is 24.3 Å². The molecule has 1 unspecified atom stereocenters. The van der Waals surface area contributed by atoms with Gasteiger partial charge in [-0.15, -0.1) is 0 Å². The fraction of sp³-hybridized carbons (Fsp3) is 0.619. The minimum atomic E-state index is -0.929. The van der Waals surface area contributed by atoms with Crippen molar-refractivity contribution in [1.29, 1.82) is 0 Å². The SMILES string of the molecule is CN=C(NCCOc1ccc(F)c(F)c1)NC1CCN(C(=O)C2CCCCC2)C1. The lowest BCUT2D eigenvalue weighted by Crippen LogP contribution is -2.46. The van der Waals surface area contributed by atoms with Gasteiger partial charge < -0.3 is 20.3 Å². The molecule has 0 spiro atoms. The van der Waals surface area contributed by atoms with Crippen molar-refractivity contribution in [3.63, 3.8) is 0 Å². The largest absolute Gasteiger partial charge is 0.492 e. The van der Waals surface area contributed by atoms with Crippen LogP contribution in [0.4, 0.5) is 8.78 Å². The molecule has 1 aliphatic carbocycles. The Morgan fingerprint density at radius 2 is 2.00 bits per heavy atom. The highest BCUT2D eigenvalue weighted by Gasteiger charge is 2.31. The van der Waals surface area contributed by atoms with E-state index in [1.165, 1.54) is 12.5 Å². The van der Waals surface area contributed by atoms with Crippen molar-refractivity contribution in [1.82, 2.24) is 15.5 Å². The lowest BCUT2D eigenvalue weighted by atomic mass is 9.88. The Morgan fingerprint density at radius 3 is 2.72 bits per heavy atom. The summed E-state index contributed by atoms with van der Waals surface area (Å²) in [5.74, 6) is -0.406. The summed E-state index contributed by atoms with van der Waals surface area (Å²) in [7, 11) is 1.69. The molecule has 160 valence electrons. The van der Waals surface area contributed by atoms with E-state index in [1.54, 1.807) is 7.05 Å². The van der Waals surface area contributed by atoms with Crippen molar-refractivity contribution in [3.8, 4) is 5.75 Å². The second kappa shape index (κ2) is 10.4. The molecule has 2 fully saturated rings. The van der Waals surface area contributed by atoms with Gasteiger partial charge in [0.15, 0.2) is 17.6 Å². The number of carbonyl (C=O) groups excluding carboxylic acids is 1. The zero-order valence-electron chi connectivity index (χ0n) is 16.9. The molecule has 1 heterocycles. The summed E-state index contributed by atoms with van der Waals surface area (Å²) in [6.07, 6.45) is 6.51. The molecule has 1 saturated heterocycles. The molecule has 6 nitrogen and oxygen atoms in total. The summed E-state index contributed by atoms with van der Waals surface area (Å²) in [6.45, 7) is 2.21. The van der Waals surface area contributed by atoms with Gasteiger partial charge in [0.1, 0.15) is 12.4 Å². The molecule has 0 bridgehead atoms. The van der Waals surface area contributed by atoms with E-state index >= 15 is 0 Å². The van der Waals surface area contributed by atoms with Crippen LogP contribution >= 0.6 is 0 Å². The molecule has 1 aliphatic heterocycles. The van der Waals surface area contributed by atoms with E-state index in [9.17, 15) is 13.6 Å². The smallest absolute Gasteiger partial charge is 0.225 e. The van der Waals surface area contributed by atoms with Crippen molar-refractivity contribution >= 4 is 11.9 Å². The van der Waals surface area contributed by atoms with Crippen LogP contribution in [0.15, 0.2) is 23.2 Å². The predicted octanol–water partition coefficient (Wildman–Crippen LogP) is 2.69. The number of hydrogen-bond donors (Lipinski definition) is 2. The Labute approximate surface area is 170 Å². The molecule has 2 N–H and O–H groups in total. The standard InChI is InChI=1S/C21H30F2N4O2/c1-24-21(25-10-12-29-17-7-8-18(22)19(23)13-17)26-16-9-11-27(14-16)20(28)15-5-3-2-4-6-15/h7-8,13,15-16H,2-6,9-12,14H2,1H3,(H2,24,25,26). The number of benzene rings is 1. The van der Waals surface area contributed by atoms with Gasteiger partial charge in [0.05, 0.1) is 6.54 Å². The minimum Gasteiger partial charge on any atom is -0.492 e. The molecule has 0 radical (unpaired) electrons. The van der Waals surface area contributed by atoms with Crippen molar-refractivity contribution in [2.45, 2.75) is 44.6 Å². The fourth-order valence-electron chi connectivity index (χ4n) is 3.98. The van der Waals surface area contributed by atoms with Gasteiger partial charge in [-0.3, -0.25) is 9.79 Å². The van der Waals surface area contributed by atoms with E-state index in [4.69, 9.17) is 4.74 Å². The summed E-state index contributed by atoms with van der Waals surface area (Å²) in [4.78, 5) is 18.9. The van der Waals surface area contributed by atoms with Crippen LogP contribution in [0.25, 0.3) is 0 Å². The van der Waals surface area contributed by atoms with Gasteiger partial charge >= 0.3 is 0 Å². The number of aliphatic imine (C=N–C) groups is 1. The first-order valence-corrected chi connectivity index (χ1v) is 10.4. The van der Waals surface area contributed by atoms with Crippen LogP contribution in [0.3, 0.4) is 0 Å². The highest BCUT2D eigenvalue weighted by atomic mass is 19.2. The molecule has 1 aromatic carbocycles. The zero-order valence-corrected chi connectivity index (χ0v) is 16.9. The molecule has 1 amide bonds. The number of guanidine groups is 1. The summed E-state index contributed by atoms with van der Waals surface area (Å²) >= 11 is 0. The average Bonchev–Trinajstić information content (AvgIpc) is 3.21. The highest BCUT2D eigenvalue weighted by Crippen LogP contribution is 2.26. The van der Waals surface area contributed by atoms with Gasteiger partial charge in [-0.2, -0.15) is 0 Å². The number of amides is 1. The van der Waals surface area contributed by atoms with E-state index in [0.29, 0.717) is 25.0 Å². The Bertz CT molecular complexity index is 723. The quantitative estimate of drug-likeness (QED) is 0.432. The van der Waals surface area contributed by atoms with Crippen LogP contribution in [0.5, 0.6) is 5.75 Å². The number of nitrogens with zero attached hydrogens (tertiary/aromatic N) is 2. The Balaban J connectivity index is 1.37. The fourth-order valence-corrected chi connectivity index (χ4v) is 3.98. The summed E-state index contributed by atoms with van der Waals surface area (Å²) in [5.41, 5.74) is 0. The van der Waals surface area contributed by atoms with E-state index in [0.717, 1.165) is 50.8 Å². The number of rotatable bonds is 6. The topological polar surface area (TPSA) is 66.0 Å². The lowest BCUT2D eigenvalue weighted by molar-refractivity contribution is -0.135. The number of halogens is 2. The molecule has 29 heavy (non-hydrogen) atoms. The van der Waals surface area contributed by atoms with Gasteiger partial charge in [0.2, 0.25) is 5.91 Å². The van der Waals surface area contributed by atoms with Gasteiger partial charge in [-0.1, -0.05) is 19.3 Å². The highest BCUT2D eigenvalue weighted by molar-refractivity contribution is 5.81. The van der Waals surface area contributed by atoms with Crippen LogP contribution < -0.4 is 15.4 Å². The zero-order chi connectivity index (χ0) is 20.6. The van der Waals surface area contributed by atoms with Crippen LogP contribution in [-0.4, -0.2) is 56.1 Å². The van der Waals surface area contributed by atoms with E-state index in [1.807, 2.05) is 4.90 Å². The maximum Gasteiger partial charge on any atom is 0.225 e. The Hall–Kier alpha value is -2.38. The van der Waals surface area contributed by atoms with Crippen molar-refractivity contribution in [2.75, 3.05) is 33.3 Å². The normalized spacial score (nSPS) is 20.6. The predicted molar refractivity (Wildman–Crippen MR) is 108 cm³/mol. The monoisotopic (exact) mass is 408 g/mol. The van der Waals surface area contributed by atoms with Crippen LogP contribution in [0.2, 0.25) is 0 Å². The third-order valence-corrected chi connectivity index (χ3v) is 5.57. The van der Waals surface area contributed by atoms with E-state index in [2.05, 4.69) is 15.6 Å². The molecule has 1 saturated carbocycles. The average molecular weight is 408 g/mol. The molecular weight excluding hydrogens is 378 g/mol. The van der Waals surface area contributed by atoms with Crippen molar-refractivity contribution in [2.24, 2.45) is 10.9 Å². The first-order valence-electron chi connectivity index (χ1n) is 10.4. The molecule has 0 aromatic heterocycles. The van der Waals surface area contributed by atoms with Crippen LogP contribution in [0.1, 0.15) is 38.5 Å². The first-order chi connectivity index (χ1) is 14.1. The molecule has 1 aromatic rings. The number of ether oxygens (including phenoxy) is 1. The van der Waals surface area contributed by atoms with Crippen LogP contribution in [-0.2, 0) is 4.79 Å². The first kappa shape index (κ1) is 21.3. The van der Waals surface area contributed by atoms with Gasteiger partial charge in [0, 0.05) is 38.2 Å². The number of nitrogens with one attached hydrogen (secondary N) is 2. The Kier molecular flexibility index (Phi) is 7.66. The summed E-state index contributed by atoms with van der Waals surface area (Å²) < 4.78 is 31.5. The Morgan fingerprint density at radius 1 is 1.21 bits per heavy atom. The van der Waals surface area contributed by atoms with E-state index < -0.39 is 11.6 Å². The van der Waals surface area contributed by atoms with Crippen LogP contribution in [0, 0.1) is 17.6 Å². The second-order valence-electron chi connectivity index (χ2n) is 7.67. The third-order valence-electron chi connectivity index (χ3n) is 5.57. The van der Waals surface area contributed by atoms with Gasteiger partial charge in [-0.25, -0.2) is 8.78 Å². The molecule has 2 aliphatic rings. The van der Waals surface area contributed by atoms with Gasteiger partial charge in [0.25, 0.3) is 0 Å². The third kappa shape index (κ3) is 6.05. The van der Waals surface area contributed by atoms with Crippen molar-refractivity contribution < 1.29 is 18.3 Å². The maximum atomic E-state index is 13.2. The van der Waals surface area contributed by atoms with Crippen molar-refractivity contribution in [3.05, 3.63) is 29.8 Å². The molecular formula is C21H30F2N4O2. The second-order valence-corrected chi connectivity index (χ2v) is 7.67. The minimum absolute atomic E-state index is 0.167. The maximum absolute atomic E-state index is 13.2.